The average Bonchev–Trinajstić information content (AvgIpc) is 2.45. The van der Waals surface area contributed by atoms with Crippen LogP contribution in [0.25, 0.3) is 0 Å². The van der Waals surface area contributed by atoms with E-state index in [2.05, 4.69) is 20.7 Å². The second-order valence-corrected chi connectivity index (χ2v) is 4.23. The number of hydrogen-bond donors (Lipinski definition) is 3. The molecule has 0 aliphatic rings. The van der Waals surface area contributed by atoms with Crippen molar-refractivity contribution < 1.29 is 14.3 Å². The number of amides is 1. The molecule has 0 fully saturated rings. The van der Waals surface area contributed by atoms with E-state index in [1.165, 1.54) is 7.11 Å². The quantitative estimate of drug-likeness (QED) is 0.553. The zero-order chi connectivity index (χ0) is 15.0. The van der Waals surface area contributed by atoms with Gasteiger partial charge in [-0.25, -0.2) is 0 Å². The van der Waals surface area contributed by atoms with Crippen molar-refractivity contribution in [2.75, 3.05) is 25.5 Å². The summed E-state index contributed by atoms with van der Waals surface area (Å²) in [6.45, 7) is 2.53. The maximum Gasteiger partial charge on any atom is 0.325 e. The highest BCUT2D eigenvalue weighted by molar-refractivity contribution is 7.80. The summed E-state index contributed by atoms with van der Waals surface area (Å²) in [4.78, 5) is 22.6. The zero-order valence-corrected chi connectivity index (χ0v) is 12.2. The molecule has 7 heteroatoms. The van der Waals surface area contributed by atoms with Crippen LogP contribution in [0.4, 0.5) is 5.69 Å². The van der Waals surface area contributed by atoms with Gasteiger partial charge in [0.2, 0.25) is 0 Å². The molecule has 0 aliphatic heterocycles. The summed E-state index contributed by atoms with van der Waals surface area (Å²) >= 11 is 5.05. The molecule has 1 amide bonds. The van der Waals surface area contributed by atoms with Gasteiger partial charge < -0.3 is 20.7 Å². The second-order valence-electron chi connectivity index (χ2n) is 3.82. The first-order chi connectivity index (χ1) is 9.56. The molecule has 0 atom stereocenters. The molecular formula is C13H17N3O3S. The molecule has 1 aromatic rings. The number of methoxy groups -OCH3 is 1. The van der Waals surface area contributed by atoms with Crippen LogP contribution in [0.15, 0.2) is 24.3 Å². The van der Waals surface area contributed by atoms with Gasteiger partial charge in [0.1, 0.15) is 6.54 Å². The van der Waals surface area contributed by atoms with Crippen molar-refractivity contribution in [3.05, 3.63) is 29.8 Å². The smallest absolute Gasteiger partial charge is 0.325 e. The number of nitrogens with one attached hydrogen (secondary N) is 3. The third kappa shape index (κ3) is 5.23. The van der Waals surface area contributed by atoms with Gasteiger partial charge in [-0.1, -0.05) is 0 Å². The van der Waals surface area contributed by atoms with E-state index in [1.54, 1.807) is 24.3 Å². The fourth-order valence-corrected chi connectivity index (χ4v) is 1.63. The van der Waals surface area contributed by atoms with E-state index in [1.807, 2.05) is 6.92 Å². The molecule has 0 spiro atoms. The normalized spacial score (nSPS) is 9.50. The van der Waals surface area contributed by atoms with Crippen LogP contribution in [0.3, 0.4) is 0 Å². The van der Waals surface area contributed by atoms with Crippen LogP contribution in [0.2, 0.25) is 0 Å². The Morgan fingerprint density at radius 1 is 1.20 bits per heavy atom. The van der Waals surface area contributed by atoms with Crippen molar-refractivity contribution in [2.24, 2.45) is 0 Å². The monoisotopic (exact) mass is 295 g/mol. The van der Waals surface area contributed by atoms with Crippen molar-refractivity contribution in [1.82, 2.24) is 10.6 Å². The maximum atomic E-state index is 11.7. The van der Waals surface area contributed by atoms with Gasteiger partial charge in [0.05, 0.1) is 7.11 Å². The molecule has 0 heterocycles. The molecule has 0 aliphatic carbocycles. The number of rotatable bonds is 5. The van der Waals surface area contributed by atoms with E-state index in [0.29, 0.717) is 10.7 Å². The summed E-state index contributed by atoms with van der Waals surface area (Å²) in [6.07, 6.45) is 0. The average molecular weight is 295 g/mol. The van der Waals surface area contributed by atoms with Crippen LogP contribution in [0.1, 0.15) is 17.3 Å². The molecule has 108 valence electrons. The fraction of sp³-hybridized carbons (Fsp3) is 0.308. The van der Waals surface area contributed by atoms with Crippen molar-refractivity contribution in [1.29, 1.82) is 0 Å². The Morgan fingerprint density at radius 2 is 1.85 bits per heavy atom. The van der Waals surface area contributed by atoms with Gasteiger partial charge in [0.25, 0.3) is 5.91 Å². The number of anilines is 1. The summed E-state index contributed by atoms with van der Waals surface area (Å²) in [7, 11) is 1.27. The number of hydrogen-bond acceptors (Lipinski definition) is 4. The first-order valence-corrected chi connectivity index (χ1v) is 6.47. The lowest BCUT2D eigenvalue weighted by Crippen LogP contribution is -2.30. The summed E-state index contributed by atoms with van der Waals surface area (Å²) in [6, 6.07) is 6.75. The second kappa shape index (κ2) is 8.11. The summed E-state index contributed by atoms with van der Waals surface area (Å²) in [5.74, 6) is -0.830. The van der Waals surface area contributed by atoms with Crippen LogP contribution in [-0.2, 0) is 9.53 Å². The molecule has 3 N–H and O–H groups in total. The maximum absolute atomic E-state index is 11.7. The van der Waals surface area contributed by atoms with Crippen LogP contribution in [0.5, 0.6) is 0 Å². The number of carbonyl (C=O) groups excluding carboxylic acids is 2. The molecule has 1 aromatic carbocycles. The molecule has 0 saturated heterocycles. The topological polar surface area (TPSA) is 79.5 Å². The zero-order valence-electron chi connectivity index (χ0n) is 11.4. The minimum atomic E-state index is -0.493. The largest absolute Gasteiger partial charge is 0.468 e. The van der Waals surface area contributed by atoms with Gasteiger partial charge in [-0.15, -0.1) is 0 Å². The molecule has 0 unspecified atom stereocenters. The van der Waals surface area contributed by atoms with E-state index in [-0.39, 0.29) is 12.5 Å². The van der Waals surface area contributed by atoms with Crippen LogP contribution >= 0.6 is 12.2 Å². The fourth-order valence-electron chi connectivity index (χ4n) is 1.37. The third-order valence-electron chi connectivity index (χ3n) is 2.36. The van der Waals surface area contributed by atoms with E-state index in [9.17, 15) is 9.59 Å². The molecule has 1 rings (SSSR count). The van der Waals surface area contributed by atoms with Crippen molar-refractivity contribution >= 4 is 34.9 Å². The lowest BCUT2D eigenvalue weighted by atomic mass is 10.2. The van der Waals surface area contributed by atoms with Gasteiger partial charge in [-0.2, -0.15) is 0 Å². The highest BCUT2D eigenvalue weighted by Crippen LogP contribution is 2.09. The predicted octanol–water partition coefficient (Wildman–Crippen LogP) is 0.896. The number of thiocarbonyl (C=S) groups is 1. The first kappa shape index (κ1) is 15.9. The van der Waals surface area contributed by atoms with E-state index in [0.717, 1.165) is 12.2 Å². The highest BCUT2D eigenvalue weighted by atomic mass is 32.1. The highest BCUT2D eigenvalue weighted by Gasteiger charge is 2.07. The Balaban J connectivity index is 2.55. The first-order valence-electron chi connectivity index (χ1n) is 6.06. The summed E-state index contributed by atoms with van der Waals surface area (Å²) in [5.41, 5.74) is 1.23. The van der Waals surface area contributed by atoms with Gasteiger partial charge in [-0.05, 0) is 43.4 Å². The van der Waals surface area contributed by atoms with Gasteiger partial charge in [-0.3, -0.25) is 9.59 Å². The molecule has 0 aromatic heterocycles. The van der Waals surface area contributed by atoms with Gasteiger partial charge in [0, 0.05) is 17.8 Å². The lowest BCUT2D eigenvalue weighted by molar-refractivity contribution is -0.139. The SMILES string of the molecule is CCNC(=S)Nc1ccc(C(=O)NCC(=O)OC)cc1. The Bertz CT molecular complexity index is 488. The standard InChI is InChI=1S/C13H17N3O3S/c1-3-14-13(20)16-10-6-4-9(5-7-10)12(18)15-8-11(17)19-2/h4-7H,3,8H2,1-2H3,(H,15,18)(H2,14,16,20). The van der Waals surface area contributed by atoms with Crippen molar-refractivity contribution in [2.45, 2.75) is 6.92 Å². The molecule has 0 bridgehead atoms. The van der Waals surface area contributed by atoms with Crippen LogP contribution in [-0.4, -0.2) is 37.2 Å². The molecule has 0 saturated carbocycles. The van der Waals surface area contributed by atoms with E-state index < -0.39 is 5.97 Å². The Hall–Kier alpha value is -2.15. The van der Waals surface area contributed by atoms with Crippen LogP contribution < -0.4 is 16.0 Å². The number of ether oxygens (including phenoxy) is 1. The Morgan fingerprint density at radius 3 is 2.40 bits per heavy atom. The van der Waals surface area contributed by atoms with Crippen LogP contribution in [0, 0.1) is 0 Å². The summed E-state index contributed by atoms with van der Waals surface area (Å²) in [5, 5.41) is 8.92. The van der Waals surface area contributed by atoms with Crippen molar-refractivity contribution in [3.8, 4) is 0 Å². The molecule has 6 nitrogen and oxygen atoms in total. The van der Waals surface area contributed by atoms with Gasteiger partial charge >= 0.3 is 5.97 Å². The minimum Gasteiger partial charge on any atom is -0.468 e. The number of carbonyl (C=O) groups is 2. The third-order valence-corrected chi connectivity index (χ3v) is 2.61. The predicted molar refractivity (Wildman–Crippen MR) is 80.7 cm³/mol. The van der Waals surface area contributed by atoms with Gasteiger partial charge in [0.15, 0.2) is 5.11 Å². The summed E-state index contributed by atoms with van der Waals surface area (Å²) < 4.78 is 4.44. The molecule has 0 radical (unpaired) electrons. The van der Waals surface area contributed by atoms with E-state index in [4.69, 9.17) is 12.2 Å². The van der Waals surface area contributed by atoms with Crippen molar-refractivity contribution in [3.63, 3.8) is 0 Å². The number of benzene rings is 1. The molecule has 20 heavy (non-hydrogen) atoms. The Kier molecular flexibility index (Phi) is 6.45. The molecular weight excluding hydrogens is 278 g/mol. The lowest BCUT2D eigenvalue weighted by Gasteiger charge is -2.09. The Labute approximate surface area is 122 Å². The minimum absolute atomic E-state index is 0.153. The van der Waals surface area contributed by atoms with E-state index >= 15 is 0 Å². The number of esters is 1.